The zero-order valence-corrected chi connectivity index (χ0v) is 10.1. The third-order valence-electron chi connectivity index (χ3n) is 2.53. The quantitative estimate of drug-likeness (QED) is 0.810. The maximum absolute atomic E-state index is 6.02. The molecule has 0 saturated heterocycles. The molecule has 2 rings (SSSR count). The van der Waals surface area contributed by atoms with Crippen LogP contribution in [0.5, 0.6) is 0 Å². The van der Waals surface area contributed by atoms with Crippen LogP contribution in [0.1, 0.15) is 19.0 Å². The van der Waals surface area contributed by atoms with Gasteiger partial charge in [0.15, 0.2) is 0 Å². The van der Waals surface area contributed by atoms with E-state index in [0.29, 0.717) is 0 Å². The van der Waals surface area contributed by atoms with E-state index in [1.54, 1.807) is 0 Å². The van der Waals surface area contributed by atoms with Gasteiger partial charge in [0.1, 0.15) is 5.65 Å². The number of alkyl halides is 1. The molecule has 3 nitrogen and oxygen atoms in total. The van der Waals surface area contributed by atoms with E-state index >= 15 is 0 Å². The molecule has 2 heterocycles. The standard InChI is InChI=1S/C12H16ClN3/c1-2-10(13)7-14-8-11-9-16-6-4-3-5-12(16)15-11/h3-6,9-10,14H,2,7-8H2,1H3. The Morgan fingerprint density at radius 2 is 2.38 bits per heavy atom. The van der Waals surface area contributed by atoms with Crippen molar-refractivity contribution in [1.82, 2.24) is 14.7 Å². The molecule has 4 heteroatoms. The predicted molar refractivity (Wildman–Crippen MR) is 66.8 cm³/mol. The van der Waals surface area contributed by atoms with Gasteiger partial charge < -0.3 is 9.72 Å². The zero-order valence-electron chi connectivity index (χ0n) is 9.36. The monoisotopic (exact) mass is 237 g/mol. The van der Waals surface area contributed by atoms with Gasteiger partial charge in [-0.05, 0) is 18.6 Å². The van der Waals surface area contributed by atoms with Crippen LogP contribution < -0.4 is 5.32 Å². The van der Waals surface area contributed by atoms with Gasteiger partial charge in [0.2, 0.25) is 0 Å². The fourth-order valence-corrected chi connectivity index (χ4v) is 1.68. The number of fused-ring (bicyclic) bond motifs is 1. The van der Waals surface area contributed by atoms with E-state index in [4.69, 9.17) is 11.6 Å². The average Bonchev–Trinajstić information content (AvgIpc) is 2.71. The molecule has 1 N–H and O–H groups in total. The van der Waals surface area contributed by atoms with E-state index in [-0.39, 0.29) is 5.38 Å². The summed E-state index contributed by atoms with van der Waals surface area (Å²) in [5.41, 5.74) is 2.03. The molecular formula is C12H16ClN3. The highest BCUT2D eigenvalue weighted by Crippen LogP contribution is 2.04. The number of rotatable bonds is 5. The Balaban J connectivity index is 1.94. The lowest BCUT2D eigenvalue weighted by Gasteiger charge is -2.06. The molecule has 0 aromatic carbocycles. The topological polar surface area (TPSA) is 29.3 Å². The smallest absolute Gasteiger partial charge is 0.137 e. The normalized spacial score (nSPS) is 13.1. The molecule has 16 heavy (non-hydrogen) atoms. The predicted octanol–water partition coefficient (Wildman–Crippen LogP) is 2.44. The van der Waals surface area contributed by atoms with Gasteiger partial charge in [0.25, 0.3) is 0 Å². The second-order valence-corrected chi connectivity index (χ2v) is 4.45. The first-order valence-electron chi connectivity index (χ1n) is 5.57. The highest BCUT2D eigenvalue weighted by atomic mass is 35.5. The summed E-state index contributed by atoms with van der Waals surface area (Å²) in [6, 6.07) is 5.99. The SMILES string of the molecule is CCC(Cl)CNCc1cn2ccccc2n1. The molecule has 1 atom stereocenters. The van der Waals surface area contributed by atoms with Gasteiger partial charge in [-0.1, -0.05) is 13.0 Å². The number of imidazole rings is 1. The average molecular weight is 238 g/mol. The van der Waals surface area contributed by atoms with E-state index in [9.17, 15) is 0 Å². The molecule has 0 radical (unpaired) electrons. The van der Waals surface area contributed by atoms with Gasteiger partial charge in [-0.25, -0.2) is 4.98 Å². The van der Waals surface area contributed by atoms with Crippen molar-refractivity contribution in [3.8, 4) is 0 Å². The first kappa shape index (κ1) is 11.4. The molecule has 0 saturated carbocycles. The van der Waals surface area contributed by atoms with Gasteiger partial charge in [-0.2, -0.15) is 0 Å². The first-order chi connectivity index (χ1) is 7.79. The van der Waals surface area contributed by atoms with Crippen molar-refractivity contribution in [2.24, 2.45) is 0 Å². The van der Waals surface area contributed by atoms with Gasteiger partial charge in [-0.15, -0.1) is 11.6 Å². The number of halogens is 1. The van der Waals surface area contributed by atoms with Crippen molar-refractivity contribution in [2.45, 2.75) is 25.3 Å². The summed E-state index contributed by atoms with van der Waals surface area (Å²) >= 11 is 6.02. The Hall–Kier alpha value is -1.06. The number of nitrogens with one attached hydrogen (secondary N) is 1. The minimum atomic E-state index is 0.206. The van der Waals surface area contributed by atoms with E-state index in [1.165, 1.54) is 0 Å². The maximum atomic E-state index is 6.02. The van der Waals surface area contributed by atoms with Crippen LogP contribution in [0, 0.1) is 0 Å². The van der Waals surface area contributed by atoms with Crippen LogP contribution >= 0.6 is 11.6 Å². The van der Waals surface area contributed by atoms with Gasteiger partial charge >= 0.3 is 0 Å². The lowest BCUT2D eigenvalue weighted by atomic mass is 10.3. The zero-order chi connectivity index (χ0) is 11.4. The molecule has 0 aliphatic carbocycles. The lowest BCUT2D eigenvalue weighted by Crippen LogP contribution is -2.22. The van der Waals surface area contributed by atoms with E-state index in [2.05, 4.69) is 17.2 Å². The van der Waals surface area contributed by atoms with Crippen LogP contribution in [0.2, 0.25) is 0 Å². The molecule has 0 bridgehead atoms. The highest BCUT2D eigenvalue weighted by molar-refractivity contribution is 6.20. The largest absolute Gasteiger partial charge is 0.310 e. The third-order valence-corrected chi connectivity index (χ3v) is 2.99. The minimum absolute atomic E-state index is 0.206. The minimum Gasteiger partial charge on any atom is -0.310 e. The number of aromatic nitrogens is 2. The second kappa shape index (κ2) is 5.32. The molecule has 0 aliphatic heterocycles. The maximum Gasteiger partial charge on any atom is 0.137 e. The van der Waals surface area contributed by atoms with Crippen molar-refractivity contribution < 1.29 is 0 Å². The second-order valence-electron chi connectivity index (χ2n) is 3.83. The lowest BCUT2D eigenvalue weighted by molar-refractivity contribution is 0.641. The van der Waals surface area contributed by atoms with E-state index in [0.717, 1.165) is 30.9 Å². The number of nitrogens with zero attached hydrogens (tertiary/aromatic N) is 2. The summed E-state index contributed by atoms with van der Waals surface area (Å²) in [6.45, 7) is 3.68. The van der Waals surface area contributed by atoms with Crippen LogP contribution in [0.4, 0.5) is 0 Å². The summed E-state index contributed by atoms with van der Waals surface area (Å²) in [5, 5.41) is 3.51. The van der Waals surface area contributed by atoms with E-state index < -0.39 is 0 Å². The summed E-state index contributed by atoms with van der Waals surface area (Å²) in [5.74, 6) is 0. The number of hydrogen-bond donors (Lipinski definition) is 1. The summed E-state index contributed by atoms with van der Waals surface area (Å²) in [6.07, 6.45) is 5.03. The molecular weight excluding hydrogens is 222 g/mol. The third kappa shape index (κ3) is 2.74. The highest BCUT2D eigenvalue weighted by Gasteiger charge is 2.02. The molecule has 0 fully saturated rings. The first-order valence-corrected chi connectivity index (χ1v) is 6.00. The van der Waals surface area contributed by atoms with E-state index in [1.807, 2.05) is 35.0 Å². The van der Waals surface area contributed by atoms with Crippen molar-refractivity contribution in [1.29, 1.82) is 0 Å². The van der Waals surface area contributed by atoms with Gasteiger partial charge in [0, 0.05) is 30.9 Å². The fourth-order valence-electron chi connectivity index (χ4n) is 1.57. The van der Waals surface area contributed by atoms with Crippen LogP contribution in [0.15, 0.2) is 30.6 Å². The molecule has 2 aromatic rings. The summed E-state index contributed by atoms with van der Waals surface area (Å²) < 4.78 is 2.02. The summed E-state index contributed by atoms with van der Waals surface area (Å²) in [4.78, 5) is 4.49. The number of hydrogen-bond acceptors (Lipinski definition) is 2. The molecule has 0 spiro atoms. The van der Waals surface area contributed by atoms with Crippen LogP contribution in [-0.4, -0.2) is 21.3 Å². The van der Waals surface area contributed by atoms with Crippen LogP contribution in [0.3, 0.4) is 0 Å². The van der Waals surface area contributed by atoms with Crippen LogP contribution in [0.25, 0.3) is 5.65 Å². The summed E-state index contributed by atoms with van der Waals surface area (Å²) in [7, 11) is 0. The van der Waals surface area contributed by atoms with Crippen molar-refractivity contribution >= 4 is 17.2 Å². The molecule has 1 unspecified atom stereocenters. The van der Waals surface area contributed by atoms with Crippen molar-refractivity contribution in [3.63, 3.8) is 0 Å². The number of pyridine rings is 1. The Morgan fingerprint density at radius 3 is 3.12 bits per heavy atom. The Bertz CT molecular complexity index is 419. The Kier molecular flexibility index (Phi) is 3.80. The molecule has 86 valence electrons. The van der Waals surface area contributed by atoms with Gasteiger partial charge in [0.05, 0.1) is 5.69 Å². The molecule has 2 aromatic heterocycles. The Morgan fingerprint density at radius 1 is 1.50 bits per heavy atom. The Labute approximate surface area is 100 Å². The molecule has 0 amide bonds. The van der Waals surface area contributed by atoms with Crippen molar-refractivity contribution in [2.75, 3.05) is 6.54 Å². The molecule has 0 aliphatic rings. The van der Waals surface area contributed by atoms with Crippen molar-refractivity contribution in [3.05, 3.63) is 36.3 Å². The van der Waals surface area contributed by atoms with Gasteiger partial charge in [-0.3, -0.25) is 0 Å². The fraction of sp³-hybridized carbons (Fsp3) is 0.417. The van der Waals surface area contributed by atoms with Crippen LogP contribution in [-0.2, 0) is 6.54 Å².